The van der Waals surface area contributed by atoms with Crippen molar-refractivity contribution in [2.24, 2.45) is 17.8 Å². The summed E-state index contributed by atoms with van der Waals surface area (Å²) in [5, 5.41) is 0. The van der Waals surface area contributed by atoms with Gasteiger partial charge in [0, 0.05) is 0 Å². The summed E-state index contributed by atoms with van der Waals surface area (Å²) in [6.07, 6.45) is 12.8. The minimum Gasteiger partial charge on any atom is -0.103 e. The van der Waals surface area contributed by atoms with Crippen molar-refractivity contribution >= 4 is 0 Å². The normalized spacial score (nSPS) is 27.7. The molecule has 142 valence electrons. The second-order valence-corrected chi connectivity index (χ2v) is 9.09. The highest BCUT2D eigenvalue weighted by Gasteiger charge is 2.34. The molecule has 0 amide bonds. The van der Waals surface area contributed by atoms with Gasteiger partial charge in [-0.2, -0.15) is 0 Å². The monoisotopic (exact) mass is 358 g/mol. The molecule has 4 unspecified atom stereocenters. The lowest BCUT2D eigenvalue weighted by molar-refractivity contribution is 0.124. The lowest BCUT2D eigenvalue weighted by atomic mass is 9.64. The van der Waals surface area contributed by atoms with E-state index in [2.05, 4.69) is 62.0 Å². The lowest BCUT2D eigenvalue weighted by Gasteiger charge is -2.41. The number of rotatable bonds is 5. The average molecular weight is 359 g/mol. The largest absolute Gasteiger partial charge is 0.103 e. The van der Waals surface area contributed by atoms with E-state index in [1.54, 1.807) is 5.56 Å². The van der Waals surface area contributed by atoms with Gasteiger partial charge in [-0.1, -0.05) is 68.0 Å². The van der Waals surface area contributed by atoms with Crippen LogP contribution in [0.3, 0.4) is 0 Å². The van der Waals surface area contributed by atoms with E-state index in [1.807, 2.05) is 6.08 Å². The van der Waals surface area contributed by atoms with Crippen LogP contribution in [0.2, 0.25) is 0 Å². The number of aryl methyl sites for hydroxylation is 1. The molecule has 2 aromatic carbocycles. The molecule has 4 rings (SSSR count). The van der Waals surface area contributed by atoms with Crippen LogP contribution in [0.1, 0.15) is 68.9 Å². The molecule has 2 aromatic rings. The quantitative estimate of drug-likeness (QED) is 0.478. The number of allylic oxidation sites excluding steroid dienone is 1. The van der Waals surface area contributed by atoms with E-state index < -0.39 is 0 Å². The molecule has 0 saturated heterocycles. The first-order chi connectivity index (χ1) is 13.2. The standard InChI is InChI=1S/C27H34/c1-3-4-5-21-7-10-22(11-8-21)23-12-14-24(15-13-23)26-17-16-25-18-20(2)6-9-27(25)19-26/h3,7-8,10-15,20,25-27H,1,4-6,9,16-19H2,2H3. The van der Waals surface area contributed by atoms with E-state index in [0.717, 1.165) is 36.5 Å². The summed E-state index contributed by atoms with van der Waals surface area (Å²) in [4.78, 5) is 0. The van der Waals surface area contributed by atoms with Crippen LogP contribution in [-0.4, -0.2) is 0 Å². The smallest absolute Gasteiger partial charge is 0.0159 e. The van der Waals surface area contributed by atoms with Crippen LogP contribution in [0.15, 0.2) is 61.2 Å². The van der Waals surface area contributed by atoms with Crippen molar-refractivity contribution in [1.82, 2.24) is 0 Å². The zero-order chi connectivity index (χ0) is 18.6. The van der Waals surface area contributed by atoms with Gasteiger partial charge in [0.05, 0.1) is 0 Å². The Kier molecular flexibility index (Phi) is 5.81. The first kappa shape index (κ1) is 18.5. The third-order valence-electron chi connectivity index (χ3n) is 7.18. The molecule has 0 aromatic heterocycles. The first-order valence-corrected chi connectivity index (χ1v) is 11.0. The molecule has 2 aliphatic rings. The van der Waals surface area contributed by atoms with Crippen LogP contribution >= 0.6 is 0 Å². The van der Waals surface area contributed by atoms with Crippen molar-refractivity contribution in [3.05, 3.63) is 72.3 Å². The molecule has 2 aliphatic carbocycles. The van der Waals surface area contributed by atoms with Gasteiger partial charge in [0.15, 0.2) is 0 Å². The van der Waals surface area contributed by atoms with Crippen molar-refractivity contribution in [1.29, 1.82) is 0 Å². The van der Waals surface area contributed by atoms with Crippen LogP contribution in [0.25, 0.3) is 11.1 Å². The molecule has 0 nitrogen and oxygen atoms in total. The fraction of sp³-hybridized carbons (Fsp3) is 0.481. The highest BCUT2D eigenvalue weighted by Crippen LogP contribution is 2.47. The molecule has 0 radical (unpaired) electrons. The van der Waals surface area contributed by atoms with E-state index in [0.29, 0.717) is 0 Å². The van der Waals surface area contributed by atoms with Crippen LogP contribution in [-0.2, 0) is 6.42 Å². The van der Waals surface area contributed by atoms with Gasteiger partial charge < -0.3 is 0 Å². The molecule has 2 fully saturated rings. The summed E-state index contributed by atoms with van der Waals surface area (Å²) in [5.74, 6) is 3.76. The first-order valence-electron chi connectivity index (χ1n) is 11.0. The molecule has 2 saturated carbocycles. The van der Waals surface area contributed by atoms with Gasteiger partial charge in [0.25, 0.3) is 0 Å². The summed E-state index contributed by atoms with van der Waals surface area (Å²) in [6.45, 7) is 6.26. The van der Waals surface area contributed by atoms with Gasteiger partial charge in [-0.25, -0.2) is 0 Å². The Morgan fingerprint density at radius 1 is 0.815 bits per heavy atom. The second kappa shape index (κ2) is 8.46. The molecule has 0 bridgehead atoms. The fourth-order valence-corrected chi connectivity index (χ4v) is 5.51. The summed E-state index contributed by atoms with van der Waals surface area (Å²) in [7, 11) is 0. The van der Waals surface area contributed by atoms with Crippen molar-refractivity contribution in [3.63, 3.8) is 0 Å². The molecular formula is C27H34. The number of benzene rings is 2. The predicted octanol–water partition coefficient (Wildman–Crippen LogP) is 7.79. The van der Waals surface area contributed by atoms with E-state index in [9.17, 15) is 0 Å². The SMILES string of the molecule is C=CCCc1ccc(-c2ccc(C3CCC4CC(C)CCC4C3)cc2)cc1. The third-order valence-corrected chi connectivity index (χ3v) is 7.18. The molecule has 0 spiro atoms. The molecule has 0 N–H and O–H groups in total. The minimum atomic E-state index is 0.787. The van der Waals surface area contributed by atoms with Gasteiger partial charge in [-0.15, -0.1) is 6.58 Å². The minimum absolute atomic E-state index is 0.787. The van der Waals surface area contributed by atoms with E-state index in [-0.39, 0.29) is 0 Å². The average Bonchev–Trinajstić information content (AvgIpc) is 2.72. The Hall–Kier alpha value is -1.82. The van der Waals surface area contributed by atoms with Crippen LogP contribution in [0.5, 0.6) is 0 Å². The third kappa shape index (κ3) is 4.37. The van der Waals surface area contributed by atoms with E-state index >= 15 is 0 Å². The van der Waals surface area contributed by atoms with Gasteiger partial charge in [-0.05, 0) is 90.9 Å². The Morgan fingerprint density at radius 2 is 1.44 bits per heavy atom. The number of hydrogen-bond acceptors (Lipinski definition) is 0. The van der Waals surface area contributed by atoms with Crippen molar-refractivity contribution in [2.75, 3.05) is 0 Å². The molecule has 0 heteroatoms. The highest BCUT2D eigenvalue weighted by molar-refractivity contribution is 5.64. The Bertz CT molecular complexity index is 737. The maximum atomic E-state index is 3.81. The zero-order valence-corrected chi connectivity index (χ0v) is 16.9. The Morgan fingerprint density at radius 3 is 2.15 bits per heavy atom. The number of fused-ring (bicyclic) bond motifs is 1. The van der Waals surface area contributed by atoms with Crippen LogP contribution in [0.4, 0.5) is 0 Å². The molecule has 0 heterocycles. The van der Waals surface area contributed by atoms with E-state index in [1.165, 1.54) is 55.2 Å². The Labute approximate surface area is 165 Å². The lowest BCUT2D eigenvalue weighted by Crippen LogP contribution is -2.29. The topological polar surface area (TPSA) is 0 Å². The van der Waals surface area contributed by atoms with Crippen LogP contribution < -0.4 is 0 Å². The Balaban J connectivity index is 1.41. The second-order valence-electron chi connectivity index (χ2n) is 9.09. The van der Waals surface area contributed by atoms with Gasteiger partial charge in [0.2, 0.25) is 0 Å². The summed E-state index contributed by atoms with van der Waals surface area (Å²) < 4.78 is 0. The predicted molar refractivity (Wildman–Crippen MR) is 117 cm³/mol. The van der Waals surface area contributed by atoms with E-state index in [4.69, 9.17) is 0 Å². The maximum Gasteiger partial charge on any atom is -0.0159 e. The van der Waals surface area contributed by atoms with Crippen molar-refractivity contribution in [3.8, 4) is 11.1 Å². The summed E-state index contributed by atoms with van der Waals surface area (Å²) in [5.41, 5.74) is 5.63. The van der Waals surface area contributed by atoms with Gasteiger partial charge in [-0.3, -0.25) is 0 Å². The van der Waals surface area contributed by atoms with Gasteiger partial charge in [0.1, 0.15) is 0 Å². The zero-order valence-electron chi connectivity index (χ0n) is 16.9. The summed E-state index contributed by atoms with van der Waals surface area (Å²) in [6, 6.07) is 18.5. The molecule has 27 heavy (non-hydrogen) atoms. The molecular weight excluding hydrogens is 324 g/mol. The van der Waals surface area contributed by atoms with Crippen LogP contribution in [0, 0.1) is 17.8 Å². The van der Waals surface area contributed by atoms with Crippen molar-refractivity contribution < 1.29 is 0 Å². The molecule has 4 atom stereocenters. The molecule has 0 aliphatic heterocycles. The van der Waals surface area contributed by atoms with Crippen molar-refractivity contribution in [2.45, 2.75) is 64.2 Å². The fourth-order valence-electron chi connectivity index (χ4n) is 5.51. The summed E-state index contributed by atoms with van der Waals surface area (Å²) >= 11 is 0. The van der Waals surface area contributed by atoms with Gasteiger partial charge >= 0.3 is 0 Å². The number of hydrogen-bond donors (Lipinski definition) is 0. The highest BCUT2D eigenvalue weighted by atomic mass is 14.4. The maximum absolute atomic E-state index is 3.81.